The molecular weight excluding hydrogens is 503 g/mol. The molecule has 0 saturated heterocycles. The largest absolute Gasteiger partial charge is 0.462 e. The molecule has 2 N–H and O–H groups in total. The summed E-state index contributed by atoms with van der Waals surface area (Å²) in [6, 6.07) is 19.6. The molecule has 0 unspecified atom stereocenters. The van der Waals surface area contributed by atoms with Crippen LogP contribution in [0.3, 0.4) is 0 Å². The van der Waals surface area contributed by atoms with Crippen LogP contribution >= 0.6 is 11.3 Å². The normalized spacial score (nSPS) is 11.1. The standard InChI is InChI=1S/C26H21FN2O5S2/c1-2-34-26(31)23-21(17-8-4-3-5-9-17)16-35-25(23)28-24(30)20-10-6-7-11-22(20)29-36(32,33)19-14-12-18(27)13-15-19/h3-16,29H,2H2,1H3,(H,28,30). The SMILES string of the molecule is CCOC(=O)c1c(-c2ccccc2)csc1NC(=O)c1ccccc1NS(=O)(=O)c1ccc(F)cc1. The van der Waals surface area contributed by atoms with E-state index in [0.29, 0.717) is 5.56 Å². The molecule has 0 atom stereocenters. The number of ether oxygens (including phenoxy) is 1. The van der Waals surface area contributed by atoms with Crippen molar-refractivity contribution in [1.82, 2.24) is 0 Å². The molecule has 0 radical (unpaired) electrons. The Hall–Kier alpha value is -4.02. The van der Waals surface area contributed by atoms with Gasteiger partial charge >= 0.3 is 5.97 Å². The number of rotatable bonds is 8. The summed E-state index contributed by atoms with van der Waals surface area (Å²) in [4.78, 5) is 25.9. The second-order valence-electron chi connectivity index (χ2n) is 7.50. The smallest absolute Gasteiger partial charge is 0.341 e. The molecule has 4 aromatic rings. The van der Waals surface area contributed by atoms with Crippen LogP contribution in [-0.2, 0) is 14.8 Å². The van der Waals surface area contributed by atoms with E-state index in [-0.39, 0.29) is 33.3 Å². The summed E-state index contributed by atoms with van der Waals surface area (Å²) in [7, 11) is -4.09. The molecule has 1 aromatic heterocycles. The first-order valence-electron chi connectivity index (χ1n) is 10.8. The van der Waals surface area contributed by atoms with Crippen LogP contribution in [0.1, 0.15) is 27.6 Å². The molecule has 4 rings (SSSR count). The van der Waals surface area contributed by atoms with Crippen molar-refractivity contribution in [2.75, 3.05) is 16.6 Å². The molecule has 0 bridgehead atoms. The Kier molecular flexibility index (Phi) is 7.47. The van der Waals surface area contributed by atoms with Gasteiger partial charge in [0.05, 0.1) is 22.8 Å². The van der Waals surface area contributed by atoms with Gasteiger partial charge < -0.3 is 10.1 Å². The van der Waals surface area contributed by atoms with Crippen LogP contribution in [0, 0.1) is 5.82 Å². The first-order valence-corrected chi connectivity index (χ1v) is 13.2. The molecule has 0 aliphatic rings. The Labute approximate surface area is 211 Å². The monoisotopic (exact) mass is 524 g/mol. The van der Waals surface area contributed by atoms with E-state index in [1.54, 1.807) is 24.4 Å². The van der Waals surface area contributed by atoms with E-state index in [9.17, 15) is 22.4 Å². The molecule has 1 heterocycles. The van der Waals surface area contributed by atoms with Gasteiger partial charge in [0.15, 0.2) is 0 Å². The van der Waals surface area contributed by atoms with Crippen molar-refractivity contribution in [3.63, 3.8) is 0 Å². The average Bonchev–Trinajstić information content (AvgIpc) is 3.28. The van der Waals surface area contributed by atoms with E-state index in [1.165, 1.54) is 12.1 Å². The number of anilines is 2. The molecule has 0 aliphatic carbocycles. The van der Waals surface area contributed by atoms with Gasteiger partial charge in [-0.15, -0.1) is 11.3 Å². The topological polar surface area (TPSA) is 102 Å². The zero-order chi connectivity index (χ0) is 25.7. The van der Waals surface area contributed by atoms with Crippen LogP contribution in [0.15, 0.2) is 89.1 Å². The Morgan fingerprint density at radius 1 is 0.944 bits per heavy atom. The number of amides is 1. The van der Waals surface area contributed by atoms with Crippen LogP contribution in [0.5, 0.6) is 0 Å². The molecule has 3 aromatic carbocycles. The fourth-order valence-electron chi connectivity index (χ4n) is 3.44. The summed E-state index contributed by atoms with van der Waals surface area (Å²) >= 11 is 1.16. The molecule has 0 fully saturated rings. The number of hydrogen-bond acceptors (Lipinski definition) is 6. The average molecular weight is 525 g/mol. The number of carbonyl (C=O) groups is 2. The molecular formula is C26H21FN2O5S2. The minimum Gasteiger partial charge on any atom is -0.462 e. The fraction of sp³-hybridized carbons (Fsp3) is 0.0769. The third-order valence-electron chi connectivity index (χ3n) is 5.12. The Morgan fingerprint density at radius 3 is 2.31 bits per heavy atom. The van der Waals surface area contributed by atoms with Gasteiger partial charge in [-0.1, -0.05) is 42.5 Å². The first-order chi connectivity index (χ1) is 17.3. The highest BCUT2D eigenvalue weighted by Crippen LogP contribution is 2.36. The van der Waals surface area contributed by atoms with Crippen molar-refractivity contribution in [2.24, 2.45) is 0 Å². The predicted octanol–water partition coefficient (Wildman–Crippen LogP) is 5.78. The van der Waals surface area contributed by atoms with Gasteiger partial charge in [0.1, 0.15) is 16.4 Å². The predicted molar refractivity (Wildman–Crippen MR) is 137 cm³/mol. The minimum atomic E-state index is -4.09. The van der Waals surface area contributed by atoms with Crippen molar-refractivity contribution < 1.29 is 27.1 Å². The Morgan fingerprint density at radius 2 is 1.61 bits per heavy atom. The van der Waals surface area contributed by atoms with Gasteiger partial charge in [0.25, 0.3) is 15.9 Å². The van der Waals surface area contributed by atoms with Crippen molar-refractivity contribution in [3.8, 4) is 11.1 Å². The zero-order valence-electron chi connectivity index (χ0n) is 19.0. The third kappa shape index (κ3) is 5.45. The van der Waals surface area contributed by atoms with Gasteiger partial charge in [-0.2, -0.15) is 0 Å². The number of esters is 1. The molecule has 184 valence electrons. The summed E-state index contributed by atoms with van der Waals surface area (Å²) in [6.45, 7) is 1.85. The van der Waals surface area contributed by atoms with Gasteiger partial charge in [0, 0.05) is 10.9 Å². The van der Waals surface area contributed by atoms with Gasteiger partial charge in [-0.3, -0.25) is 9.52 Å². The van der Waals surface area contributed by atoms with Gasteiger partial charge in [-0.05, 0) is 48.9 Å². The van der Waals surface area contributed by atoms with Crippen molar-refractivity contribution in [1.29, 1.82) is 0 Å². The van der Waals surface area contributed by atoms with Crippen molar-refractivity contribution in [3.05, 3.63) is 101 Å². The fourth-order valence-corrected chi connectivity index (χ4v) is 5.48. The maximum atomic E-state index is 13.2. The molecule has 1 amide bonds. The lowest BCUT2D eigenvalue weighted by Crippen LogP contribution is -2.19. The maximum absolute atomic E-state index is 13.2. The lowest BCUT2D eigenvalue weighted by molar-refractivity contribution is 0.0529. The first kappa shape index (κ1) is 25.1. The second-order valence-corrected chi connectivity index (χ2v) is 10.1. The number of para-hydroxylation sites is 1. The highest BCUT2D eigenvalue weighted by Gasteiger charge is 2.24. The summed E-state index contributed by atoms with van der Waals surface area (Å²) < 4.78 is 46.4. The lowest BCUT2D eigenvalue weighted by atomic mass is 10.0. The molecule has 0 saturated carbocycles. The Bertz CT molecular complexity index is 1500. The van der Waals surface area contributed by atoms with Crippen LogP contribution < -0.4 is 10.0 Å². The minimum absolute atomic E-state index is 0.0249. The number of nitrogens with one attached hydrogen (secondary N) is 2. The summed E-state index contributed by atoms with van der Waals surface area (Å²) in [5.41, 5.74) is 1.67. The lowest BCUT2D eigenvalue weighted by Gasteiger charge is -2.13. The third-order valence-corrected chi connectivity index (χ3v) is 7.40. The van der Waals surface area contributed by atoms with Crippen molar-refractivity contribution >= 4 is 43.9 Å². The Balaban J connectivity index is 1.66. The number of benzene rings is 3. The highest BCUT2D eigenvalue weighted by atomic mass is 32.2. The number of sulfonamides is 1. The second kappa shape index (κ2) is 10.7. The molecule has 7 nitrogen and oxygen atoms in total. The zero-order valence-corrected chi connectivity index (χ0v) is 20.7. The number of halogens is 1. The van der Waals surface area contributed by atoms with Gasteiger partial charge in [-0.25, -0.2) is 17.6 Å². The van der Waals surface area contributed by atoms with E-state index in [2.05, 4.69) is 10.0 Å². The summed E-state index contributed by atoms with van der Waals surface area (Å²) in [6.07, 6.45) is 0. The number of thiophene rings is 1. The number of hydrogen-bond donors (Lipinski definition) is 2. The van der Waals surface area contributed by atoms with Crippen LogP contribution in [0.25, 0.3) is 11.1 Å². The summed E-state index contributed by atoms with van der Waals surface area (Å²) in [5.74, 6) is -1.78. The van der Waals surface area contributed by atoms with Gasteiger partial charge in [0.2, 0.25) is 0 Å². The van der Waals surface area contributed by atoms with Crippen LogP contribution in [0.2, 0.25) is 0 Å². The number of carbonyl (C=O) groups excluding carboxylic acids is 2. The highest BCUT2D eigenvalue weighted by molar-refractivity contribution is 7.92. The summed E-state index contributed by atoms with van der Waals surface area (Å²) in [5, 5.41) is 4.75. The molecule has 0 aliphatic heterocycles. The van der Waals surface area contributed by atoms with E-state index in [4.69, 9.17) is 4.74 Å². The molecule has 36 heavy (non-hydrogen) atoms. The quantitative estimate of drug-likeness (QED) is 0.284. The maximum Gasteiger partial charge on any atom is 0.341 e. The van der Waals surface area contributed by atoms with Crippen LogP contribution in [0.4, 0.5) is 15.1 Å². The molecule has 0 spiro atoms. The van der Waals surface area contributed by atoms with E-state index < -0.39 is 27.7 Å². The van der Waals surface area contributed by atoms with E-state index >= 15 is 0 Å². The molecule has 10 heteroatoms. The van der Waals surface area contributed by atoms with Crippen molar-refractivity contribution in [2.45, 2.75) is 11.8 Å². The van der Waals surface area contributed by atoms with Crippen LogP contribution in [-0.4, -0.2) is 26.9 Å². The van der Waals surface area contributed by atoms with E-state index in [1.807, 2.05) is 30.3 Å². The van der Waals surface area contributed by atoms with E-state index in [0.717, 1.165) is 41.2 Å².